The maximum atomic E-state index is 12.5. The molecule has 0 spiro atoms. The van der Waals surface area contributed by atoms with Crippen molar-refractivity contribution < 1.29 is 27.5 Å². The molecular formula is C21H22F2N2O5. The number of aromatic nitrogens is 1. The number of halogens is 2. The number of carbonyl (C=O) groups is 1. The van der Waals surface area contributed by atoms with Crippen molar-refractivity contribution in [2.45, 2.75) is 32.4 Å². The van der Waals surface area contributed by atoms with E-state index in [1.165, 1.54) is 17.7 Å². The number of para-hydroxylation sites is 2. The summed E-state index contributed by atoms with van der Waals surface area (Å²) >= 11 is 0. The molecule has 0 saturated carbocycles. The first-order valence-corrected chi connectivity index (χ1v) is 9.44. The summed E-state index contributed by atoms with van der Waals surface area (Å²) in [5.74, 6) is -0.439. The fourth-order valence-electron chi connectivity index (χ4n) is 3.12. The predicted octanol–water partition coefficient (Wildman–Crippen LogP) is 3.34. The number of nitrogens with one attached hydrogen (secondary N) is 1. The van der Waals surface area contributed by atoms with Crippen LogP contribution in [0.15, 0.2) is 51.7 Å². The molecule has 0 radical (unpaired) electrons. The highest BCUT2D eigenvalue weighted by atomic mass is 19.3. The highest BCUT2D eigenvalue weighted by molar-refractivity contribution is 5.76. The van der Waals surface area contributed by atoms with E-state index in [-0.39, 0.29) is 23.8 Å². The number of benzene rings is 2. The largest absolute Gasteiger partial charge is 0.493 e. The molecule has 30 heavy (non-hydrogen) atoms. The Bertz CT molecular complexity index is 1060. The Morgan fingerprint density at radius 3 is 2.77 bits per heavy atom. The van der Waals surface area contributed by atoms with Gasteiger partial charge in [-0.25, -0.2) is 4.79 Å². The van der Waals surface area contributed by atoms with Crippen molar-refractivity contribution >= 4 is 17.0 Å². The third kappa shape index (κ3) is 5.37. The van der Waals surface area contributed by atoms with Crippen LogP contribution in [-0.2, 0) is 17.8 Å². The molecule has 0 atom stereocenters. The van der Waals surface area contributed by atoms with Gasteiger partial charge < -0.3 is 19.2 Å². The summed E-state index contributed by atoms with van der Waals surface area (Å²) in [6, 6.07) is 11.8. The molecule has 0 fully saturated rings. The summed E-state index contributed by atoms with van der Waals surface area (Å²) in [5, 5.41) is 2.78. The molecule has 0 aliphatic rings. The molecule has 9 heteroatoms. The summed E-state index contributed by atoms with van der Waals surface area (Å²) in [5.41, 5.74) is 1.94. The van der Waals surface area contributed by atoms with Crippen molar-refractivity contribution in [1.29, 1.82) is 0 Å². The summed E-state index contributed by atoms with van der Waals surface area (Å²) in [6.45, 7) is -2.24. The molecule has 1 heterocycles. The highest BCUT2D eigenvalue weighted by Gasteiger charge is 2.12. The van der Waals surface area contributed by atoms with Crippen molar-refractivity contribution in [1.82, 2.24) is 9.88 Å². The molecule has 2 aromatic carbocycles. The lowest BCUT2D eigenvalue weighted by atomic mass is 10.1. The van der Waals surface area contributed by atoms with Crippen molar-refractivity contribution in [3.8, 4) is 11.5 Å². The van der Waals surface area contributed by atoms with Crippen LogP contribution in [-0.4, -0.2) is 30.7 Å². The van der Waals surface area contributed by atoms with Gasteiger partial charge in [0.2, 0.25) is 5.91 Å². The summed E-state index contributed by atoms with van der Waals surface area (Å²) in [4.78, 5) is 24.0. The fraction of sp³-hybridized carbons (Fsp3) is 0.333. The van der Waals surface area contributed by atoms with E-state index in [0.29, 0.717) is 37.0 Å². The Morgan fingerprint density at radius 1 is 1.20 bits per heavy atom. The van der Waals surface area contributed by atoms with E-state index in [9.17, 15) is 18.4 Å². The predicted molar refractivity (Wildman–Crippen MR) is 106 cm³/mol. The molecule has 1 amide bonds. The van der Waals surface area contributed by atoms with Gasteiger partial charge in [0.05, 0.1) is 12.6 Å². The minimum atomic E-state index is -2.95. The number of fused-ring (bicyclic) bond motifs is 1. The zero-order valence-corrected chi connectivity index (χ0v) is 16.4. The number of amides is 1. The molecule has 0 aliphatic carbocycles. The second-order valence-electron chi connectivity index (χ2n) is 6.55. The number of rotatable bonds is 10. The molecule has 1 aromatic heterocycles. The molecule has 0 aliphatic heterocycles. The number of oxazole rings is 1. The maximum absolute atomic E-state index is 12.5. The average Bonchev–Trinajstić information content (AvgIpc) is 3.03. The van der Waals surface area contributed by atoms with Crippen LogP contribution < -0.4 is 20.5 Å². The van der Waals surface area contributed by atoms with E-state index in [2.05, 4.69) is 10.1 Å². The lowest BCUT2D eigenvalue weighted by molar-refractivity contribution is -0.121. The minimum absolute atomic E-state index is 0.0471. The molecule has 1 N–H and O–H groups in total. The maximum Gasteiger partial charge on any atom is 0.419 e. The van der Waals surface area contributed by atoms with Crippen LogP contribution in [0.2, 0.25) is 0 Å². The van der Waals surface area contributed by atoms with E-state index < -0.39 is 12.4 Å². The first-order chi connectivity index (χ1) is 14.5. The first kappa shape index (κ1) is 21.4. The molecule has 3 aromatic rings. The second-order valence-corrected chi connectivity index (χ2v) is 6.55. The van der Waals surface area contributed by atoms with Gasteiger partial charge in [0.25, 0.3) is 0 Å². The third-order valence-corrected chi connectivity index (χ3v) is 4.54. The zero-order chi connectivity index (χ0) is 21.5. The van der Waals surface area contributed by atoms with Crippen LogP contribution in [0, 0.1) is 0 Å². The Hall–Kier alpha value is -3.36. The second kappa shape index (κ2) is 9.91. The fourth-order valence-corrected chi connectivity index (χ4v) is 3.12. The molecule has 7 nitrogen and oxygen atoms in total. The topological polar surface area (TPSA) is 82.7 Å². The van der Waals surface area contributed by atoms with Gasteiger partial charge in [-0.2, -0.15) is 8.78 Å². The number of hydrogen-bond acceptors (Lipinski definition) is 5. The summed E-state index contributed by atoms with van der Waals surface area (Å²) in [7, 11) is 1.37. The Balaban J connectivity index is 1.46. The van der Waals surface area contributed by atoms with Crippen LogP contribution in [0.1, 0.15) is 18.4 Å². The molecule has 0 unspecified atom stereocenters. The van der Waals surface area contributed by atoms with Gasteiger partial charge in [-0.3, -0.25) is 9.36 Å². The van der Waals surface area contributed by atoms with Crippen LogP contribution in [0.5, 0.6) is 11.5 Å². The van der Waals surface area contributed by atoms with Gasteiger partial charge in [0.15, 0.2) is 17.1 Å². The zero-order valence-electron chi connectivity index (χ0n) is 16.4. The minimum Gasteiger partial charge on any atom is -0.493 e. The number of hydrogen-bond donors (Lipinski definition) is 1. The Morgan fingerprint density at radius 2 is 2.00 bits per heavy atom. The number of carbonyl (C=O) groups excluding carboxylic acids is 1. The first-order valence-electron chi connectivity index (χ1n) is 9.44. The third-order valence-electron chi connectivity index (χ3n) is 4.54. The summed E-state index contributed by atoms with van der Waals surface area (Å²) in [6.07, 6.45) is 1.17. The van der Waals surface area contributed by atoms with Crippen LogP contribution in [0.4, 0.5) is 8.78 Å². The van der Waals surface area contributed by atoms with Gasteiger partial charge in [-0.1, -0.05) is 18.2 Å². The highest BCUT2D eigenvalue weighted by Crippen LogP contribution is 2.29. The molecule has 3 rings (SSSR count). The normalized spacial score (nSPS) is 11.1. The van der Waals surface area contributed by atoms with Crippen LogP contribution in [0.25, 0.3) is 11.1 Å². The smallest absolute Gasteiger partial charge is 0.419 e. The van der Waals surface area contributed by atoms with Crippen LogP contribution >= 0.6 is 0 Å². The van der Waals surface area contributed by atoms with E-state index in [1.54, 1.807) is 30.3 Å². The van der Waals surface area contributed by atoms with Crippen molar-refractivity contribution in [2.24, 2.45) is 0 Å². The number of nitrogens with zero attached hydrogens (tertiary/aromatic N) is 1. The lowest BCUT2D eigenvalue weighted by Gasteiger charge is -2.12. The van der Waals surface area contributed by atoms with Crippen LogP contribution in [0.3, 0.4) is 0 Å². The standard InChI is InChI=1S/C21H22F2N2O5/c1-28-17-9-8-14(13-18(17)29-20(22)23)10-11-24-19(26)7-4-12-25-15-5-2-3-6-16(15)30-21(25)27/h2-3,5-6,8-9,13,20H,4,7,10-12H2,1H3,(H,24,26). The Labute approximate surface area is 171 Å². The molecular weight excluding hydrogens is 398 g/mol. The number of ether oxygens (including phenoxy) is 2. The number of alkyl halides is 2. The van der Waals surface area contributed by atoms with Crippen molar-refractivity contribution in [2.75, 3.05) is 13.7 Å². The quantitative estimate of drug-likeness (QED) is 0.544. The van der Waals surface area contributed by atoms with E-state index >= 15 is 0 Å². The number of aryl methyl sites for hydroxylation is 1. The van der Waals surface area contributed by atoms with E-state index in [4.69, 9.17) is 9.15 Å². The van der Waals surface area contributed by atoms with E-state index in [0.717, 1.165) is 5.56 Å². The summed E-state index contributed by atoms with van der Waals surface area (Å²) < 4.78 is 41.1. The lowest BCUT2D eigenvalue weighted by Crippen LogP contribution is -2.26. The SMILES string of the molecule is COc1ccc(CCNC(=O)CCCn2c(=O)oc3ccccc32)cc1OC(F)F. The van der Waals surface area contributed by atoms with Crippen molar-refractivity contribution in [3.05, 3.63) is 58.6 Å². The molecule has 160 valence electrons. The number of methoxy groups -OCH3 is 1. The Kier molecular flexibility index (Phi) is 7.05. The van der Waals surface area contributed by atoms with Gasteiger partial charge in [0.1, 0.15) is 0 Å². The molecule has 0 saturated heterocycles. The van der Waals surface area contributed by atoms with E-state index in [1.807, 2.05) is 6.07 Å². The monoisotopic (exact) mass is 420 g/mol. The van der Waals surface area contributed by atoms with Crippen molar-refractivity contribution in [3.63, 3.8) is 0 Å². The molecule has 0 bridgehead atoms. The van der Waals surface area contributed by atoms with Gasteiger partial charge in [-0.15, -0.1) is 0 Å². The van der Waals surface area contributed by atoms with Gasteiger partial charge >= 0.3 is 12.4 Å². The van der Waals surface area contributed by atoms with Gasteiger partial charge in [-0.05, 0) is 42.7 Å². The van der Waals surface area contributed by atoms with Gasteiger partial charge in [0, 0.05) is 19.5 Å². The average molecular weight is 420 g/mol.